The summed E-state index contributed by atoms with van der Waals surface area (Å²) < 4.78 is 5.03. The lowest BCUT2D eigenvalue weighted by Crippen LogP contribution is -2.40. The van der Waals surface area contributed by atoms with Gasteiger partial charge in [-0.15, -0.1) is 0 Å². The van der Waals surface area contributed by atoms with Gasteiger partial charge in [-0.25, -0.2) is 9.78 Å². The van der Waals surface area contributed by atoms with Gasteiger partial charge in [0.15, 0.2) is 0 Å². The molecule has 2 aromatic rings. The fourth-order valence-corrected chi connectivity index (χ4v) is 2.49. The van der Waals surface area contributed by atoms with E-state index in [4.69, 9.17) is 16.3 Å². The lowest BCUT2D eigenvalue weighted by Gasteiger charge is -2.30. The number of aromatic nitrogens is 1. The Morgan fingerprint density at radius 1 is 1.20 bits per heavy atom. The Balaban J connectivity index is 2.12. The van der Waals surface area contributed by atoms with Crippen LogP contribution >= 0.6 is 11.6 Å². The van der Waals surface area contributed by atoms with Crippen LogP contribution in [0.5, 0.6) is 5.88 Å². The molecule has 0 saturated heterocycles. The number of pyridine rings is 1. The number of amides is 2. The van der Waals surface area contributed by atoms with E-state index in [1.807, 2.05) is 24.3 Å². The SMILES string of the molecule is COc1ccc(NC(=O)N(Cc2ccc(Cl)cc2)CC(C)(C)C)cn1. The molecule has 0 aliphatic heterocycles. The predicted octanol–water partition coefficient (Wildman–Crippen LogP) is 4.82. The van der Waals surface area contributed by atoms with E-state index in [0.29, 0.717) is 29.7 Å². The highest BCUT2D eigenvalue weighted by molar-refractivity contribution is 6.30. The zero-order valence-electron chi connectivity index (χ0n) is 15.0. The first kappa shape index (κ1) is 19.1. The summed E-state index contributed by atoms with van der Waals surface area (Å²) in [6.45, 7) is 7.42. The summed E-state index contributed by atoms with van der Waals surface area (Å²) in [6.07, 6.45) is 1.58. The molecule has 0 atom stereocenters. The number of methoxy groups -OCH3 is 1. The van der Waals surface area contributed by atoms with Gasteiger partial charge in [-0.05, 0) is 29.2 Å². The Bertz CT molecular complexity index is 694. The van der Waals surface area contributed by atoms with Gasteiger partial charge in [-0.3, -0.25) is 0 Å². The first-order chi connectivity index (χ1) is 11.8. The molecule has 2 amide bonds. The van der Waals surface area contributed by atoms with Gasteiger partial charge in [-0.2, -0.15) is 0 Å². The van der Waals surface area contributed by atoms with Crippen LogP contribution in [0.4, 0.5) is 10.5 Å². The summed E-state index contributed by atoms with van der Waals surface area (Å²) in [4.78, 5) is 18.6. The third-order valence-corrected chi connectivity index (χ3v) is 3.69. The molecule has 0 fully saturated rings. The maximum atomic E-state index is 12.7. The van der Waals surface area contributed by atoms with Crippen molar-refractivity contribution in [1.29, 1.82) is 0 Å². The van der Waals surface area contributed by atoms with Crippen molar-refractivity contribution in [2.75, 3.05) is 19.0 Å². The molecule has 0 saturated carbocycles. The Morgan fingerprint density at radius 2 is 1.88 bits per heavy atom. The molecular formula is C19H24ClN3O2. The maximum absolute atomic E-state index is 12.7. The molecule has 1 heterocycles. The summed E-state index contributed by atoms with van der Waals surface area (Å²) in [6, 6.07) is 10.8. The van der Waals surface area contributed by atoms with Crippen molar-refractivity contribution in [1.82, 2.24) is 9.88 Å². The van der Waals surface area contributed by atoms with Crippen molar-refractivity contribution >= 4 is 23.3 Å². The molecule has 6 heteroatoms. The second-order valence-corrected chi connectivity index (χ2v) is 7.50. The Kier molecular flexibility index (Phi) is 6.26. The van der Waals surface area contributed by atoms with Crippen LogP contribution < -0.4 is 10.1 Å². The molecule has 0 aliphatic carbocycles. The van der Waals surface area contributed by atoms with Crippen molar-refractivity contribution in [2.45, 2.75) is 27.3 Å². The van der Waals surface area contributed by atoms with E-state index >= 15 is 0 Å². The van der Waals surface area contributed by atoms with Crippen molar-refractivity contribution in [3.63, 3.8) is 0 Å². The second kappa shape index (κ2) is 8.21. The van der Waals surface area contributed by atoms with Crippen LogP contribution in [-0.4, -0.2) is 29.6 Å². The third kappa shape index (κ3) is 6.27. The molecule has 0 bridgehead atoms. The van der Waals surface area contributed by atoms with E-state index in [2.05, 4.69) is 31.1 Å². The average molecular weight is 362 g/mol. The highest BCUT2D eigenvalue weighted by atomic mass is 35.5. The number of carbonyl (C=O) groups is 1. The minimum absolute atomic E-state index is 0.0259. The number of anilines is 1. The third-order valence-electron chi connectivity index (χ3n) is 3.44. The minimum atomic E-state index is -0.170. The summed E-state index contributed by atoms with van der Waals surface area (Å²) in [7, 11) is 1.55. The number of hydrogen-bond acceptors (Lipinski definition) is 3. The first-order valence-electron chi connectivity index (χ1n) is 8.07. The Morgan fingerprint density at radius 3 is 2.40 bits per heavy atom. The van der Waals surface area contributed by atoms with Gasteiger partial charge in [0.25, 0.3) is 0 Å². The highest BCUT2D eigenvalue weighted by Crippen LogP contribution is 2.20. The van der Waals surface area contributed by atoms with Gasteiger partial charge in [0.1, 0.15) is 0 Å². The number of halogens is 1. The molecule has 1 N–H and O–H groups in total. The van der Waals surface area contributed by atoms with E-state index in [0.717, 1.165) is 5.56 Å². The molecule has 25 heavy (non-hydrogen) atoms. The molecule has 134 valence electrons. The van der Waals surface area contributed by atoms with Gasteiger partial charge in [0.2, 0.25) is 5.88 Å². The van der Waals surface area contributed by atoms with E-state index in [1.54, 1.807) is 30.3 Å². The van der Waals surface area contributed by atoms with Gasteiger partial charge in [0.05, 0.1) is 19.0 Å². The number of nitrogens with zero attached hydrogens (tertiary/aromatic N) is 2. The molecule has 5 nitrogen and oxygen atoms in total. The minimum Gasteiger partial charge on any atom is -0.481 e. The first-order valence-corrected chi connectivity index (χ1v) is 8.45. The number of hydrogen-bond donors (Lipinski definition) is 1. The van der Waals surface area contributed by atoms with Crippen molar-refractivity contribution < 1.29 is 9.53 Å². The monoisotopic (exact) mass is 361 g/mol. The highest BCUT2D eigenvalue weighted by Gasteiger charge is 2.21. The normalized spacial score (nSPS) is 11.1. The van der Waals surface area contributed by atoms with Gasteiger partial charge >= 0.3 is 6.03 Å². The summed E-state index contributed by atoms with van der Waals surface area (Å²) in [5.41, 5.74) is 1.62. The van der Waals surface area contributed by atoms with Crippen molar-refractivity contribution in [3.8, 4) is 5.88 Å². The fraction of sp³-hybridized carbons (Fsp3) is 0.368. The molecule has 1 aromatic carbocycles. The largest absolute Gasteiger partial charge is 0.481 e. The lowest BCUT2D eigenvalue weighted by atomic mass is 9.96. The second-order valence-electron chi connectivity index (χ2n) is 7.06. The molecular weight excluding hydrogens is 338 g/mol. The molecule has 0 aliphatic rings. The lowest BCUT2D eigenvalue weighted by molar-refractivity contribution is 0.182. The summed E-state index contributed by atoms with van der Waals surface area (Å²) in [5, 5.41) is 3.57. The van der Waals surface area contributed by atoms with Crippen molar-refractivity contribution in [2.24, 2.45) is 5.41 Å². The summed E-state index contributed by atoms with van der Waals surface area (Å²) in [5.74, 6) is 0.505. The smallest absolute Gasteiger partial charge is 0.322 e. The molecule has 0 radical (unpaired) electrons. The van der Waals surface area contributed by atoms with Crippen LogP contribution in [0.3, 0.4) is 0 Å². The van der Waals surface area contributed by atoms with Crippen LogP contribution in [0.2, 0.25) is 5.02 Å². The molecule has 0 unspecified atom stereocenters. The van der Waals surface area contributed by atoms with Gasteiger partial charge in [0, 0.05) is 24.2 Å². The zero-order valence-corrected chi connectivity index (χ0v) is 15.8. The van der Waals surface area contributed by atoms with Gasteiger partial charge < -0.3 is 15.0 Å². The van der Waals surface area contributed by atoms with Crippen molar-refractivity contribution in [3.05, 3.63) is 53.2 Å². The van der Waals surface area contributed by atoms with E-state index in [1.165, 1.54) is 0 Å². The van der Waals surface area contributed by atoms with Crippen LogP contribution in [0.15, 0.2) is 42.6 Å². The maximum Gasteiger partial charge on any atom is 0.322 e. The van der Waals surface area contributed by atoms with E-state index in [9.17, 15) is 4.79 Å². The van der Waals surface area contributed by atoms with Crippen LogP contribution in [-0.2, 0) is 6.54 Å². The van der Waals surface area contributed by atoms with E-state index in [-0.39, 0.29) is 11.4 Å². The number of rotatable bonds is 5. The molecule has 0 spiro atoms. The standard InChI is InChI=1S/C19H24ClN3O2/c1-19(2,3)13-23(12-14-5-7-15(20)8-6-14)18(24)22-16-9-10-17(25-4)21-11-16/h5-11H,12-13H2,1-4H3,(H,22,24). The zero-order chi connectivity index (χ0) is 18.4. The Hall–Kier alpha value is -2.27. The average Bonchev–Trinajstić information content (AvgIpc) is 2.56. The topological polar surface area (TPSA) is 54.5 Å². The number of urea groups is 1. The van der Waals surface area contributed by atoms with Crippen LogP contribution in [0.1, 0.15) is 26.3 Å². The summed E-state index contributed by atoms with van der Waals surface area (Å²) >= 11 is 5.94. The number of benzene rings is 1. The van der Waals surface area contributed by atoms with E-state index < -0.39 is 0 Å². The van der Waals surface area contributed by atoms with Gasteiger partial charge in [-0.1, -0.05) is 44.5 Å². The quantitative estimate of drug-likeness (QED) is 0.830. The number of carbonyl (C=O) groups excluding carboxylic acids is 1. The number of ether oxygens (including phenoxy) is 1. The molecule has 1 aromatic heterocycles. The van der Waals surface area contributed by atoms with Crippen LogP contribution in [0.25, 0.3) is 0 Å². The molecule has 2 rings (SSSR count). The predicted molar refractivity (Wildman–Crippen MR) is 101 cm³/mol. The Labute approximate surface area is 154 Å². The fourth-order valence-electron chi connectivity index (χ4n) is 2.36. The number of nitrogens with one attached hydrogen (secondary N) is 1. The van der Waals surface area contributed by atoms with Crippen LogP contribution in [0, 0.1) is 5.41 Å².